The van der Waals surface area contributed by atoms with Crippen molar-refractivity contribution in [2.45, 2.75) is 25.9 Å². The lowest BCUT2D eigenvalue weighted by atomic mass is 9.68. The average molecular weight is 354 g/mol. The Labute approximate surface area is 154 Å². The molecule has 5 heteroatoms. The second-order valence-corrected chi connectivity index (χ2v) is 7.29. The molecule has 26 heavy (non-hydrogen) atoms. The molecule has 138 valence electrons. The number of carbonyl (C=O) groups is 2. The molecule has 1 aromatic carbocycles. The van der Waals surface area contributed by atoms with E-state index in [2.05, 4.69) is 6.20 Å². The highest BCUT2D eigenvalue weighted by Crippen LogP contribution is 2.44. The second kappa shape index (κ2) is 7.77. The second-order valence-electron chi connectivity index (χ2n) is 7.29. The largest absolute Gasteiger partial charge is 0.445 e. The van der Waals surface area contributed by atoms with Crippen molar-refractivity contribution in [1.82, 2.24) is 9.80 Å². The molecule has 0 bridgehead atoms. The fourth-order valence-electron chi connectivity index (χ4n) is 3.63. The number of nitrogens with zero attached hydrogens (tertiary/aromatic N) is 2. The maximum Gasteiger partial charge on any atom is 0.410 e. The molecule has 1 fully saturated rings. The van der Waals surface area contributed by atoms with E-state index < -0.39 is 0 Å². The van der Waals surface area contributed by atoms with Gasteiger partial charge in [0.2, 0.25) is 0 Å². The number of allylic oxidation sites excluding steroid dienone is 2. The minimum absolute atomic E-state index is 0.117. The topological polar surface area (TPSA) is 49.9 Å². The molecule has 1 spiro atoms. The van der Waals surface area contributed by atoms with E-state index in [9.17, 15) is 9.59 Å². The van der Waals surface area contributed by atoms with E-state index in [-0.39, 0.29) is 23.9 Å². The summed E-state index contributed by atoms with van der Waals surface area (Å²) in [6, 6.07) is 9.69. The highest BCUT2D eigenvalue weighted by Gasteiger charge is 2.40. The van der Waals surface area contributed by atoms with Gasteiger partial charge in [-0.25, -0.2) is 4.79 Å². The third-order valence-corrected chi connectivity index (χ3v) is 5.11. The Hall–Kier alpha value is -2.56. The van der Waals surface area contributed by atoms with Crippen LogP contribution in [0.15, 0.2) is 54.3 Å². The van der Waals surface area contributed by atoms with Crippen molar-refractivity contribution in [3.05, 3.63) is 59.8 Å². The molecular weight excluding hydrogens is 328 g/mol. The van der Waals surface area contributed by atoms with Crippen LogP contribution in [0.25, 0.3) is 0 Å². The van der Waals surface area contributed by atoms with Crippen molar-refractivity contribution in [2.24, 2.45) is 5.41 Å². The third kappa shape index (κ3) is 4.15. The summed E-state index contributed by atoms with van der Waals surface area (Å²) in [4.78, 5) is 27.9. The van der Waals surface area contributed by atoms with E-state index in [1.54, 1.807) is 11.0 Å². The molecule has 0 aromatic heterocycles. The molecule has 1 saturated heterocycles. The summed E-state index contributed by atoms with van der Waals surface area (Å²) in [7, 11) is 3.95. The smallest absolute Gasteiger partial charge is 0.410 e. The SMILES string of the molecule is CN(C)/C=C1\CN(C(=O)OCc2ccccc2)CCC12C=CC(=O)CC2. The van der Waals surface area contributed by atoms with Gasteiger partial charge in [-0.05, 0) is 30.1 Å². The summed E-state index contributed by atoms with van der Waals surface area (Å²) in [6.45, 7) is 1.45. The fraction of sp³-hybridized carbons (Fsp3) is 0.429. The lowest BCUT2D eigenvalue weighted by Crippen LogP contribution is -2.45. The molecule has 3 rings (SSSR count). The van der Waals surface area contributed by atoms with Crippen LogP contribution < -0.4 is 0 Å². The van der Waals surface area contributed by atoms with Crippen LogP contribution in [0.1, 0.15) is 24.8 Å². The molecule has 2 aliphatic rings. The summed E-state index contributed by atoms with van der Waals surface area (Å²) >= 11 is 0. The summed E-state index contributed by atoms with van der Waals surface area (Å²) < 4.78 is 5.49. The molecular formula is C21H26N2O3. The van der Waals surface area contributed by atoms with Crippen molar-refractivity contribution >= 4 is 11.9 Å². The maximum absolute atomic E-state index is 12.5. The molecule has 1 heterocycles. The van der Waals surface area contributed by atoms with E-state index in [1.165, 1.54) is 0 Å². The van der Waals surface area contributed by atoms with Gasteiger partial charge in [-0.15, -0.1) is 0 Å². The molecule has 0 radical (unpaired) electrons. The Balaban J connectivity index is 1.69. The van der Waals surface area contributed by atoms with Crippen LogP contribution in [0.2, 0.25) is 0 Å². The molecule has 0 saturated carbocycles. The fourth-order valence-corrected chi connectivity index (χ4v) is 3.63. The van der Waals surface area contributed by atoms with Crippen LogP contribution in [0, 0.1) is 5.41 Å². The summed E-state index contributed by atoms with van der Waals surface area (Å²) in [5.74, 6) is 0.185. The zero-order valence-corrected chi connectivity index (χ0v) is 15.5. The van der Waals surface area contributed by atoms with Crippen molar-refractivity contribution in [2.75, 3.05) is 27.2 Å². The molecule has 1 atom stereocenters. The molecule has 1 aliphatic heterocycles. The Morgan fingerprint density at radius 1 is 1.27 bits per heavy atom. The van der Waals surface area contributed by atoms with Crippen molar-refractivity contribution in [3.8, 4) is 0 Å². The standard InChI is InChI=1S/C21H26N2O3/c1-22(2)14-18-15-23(13-12-21(18)10-8-19(24)9-11-21)20(25)26-16-17-6-4-3-5-7-17/h3-8,10,14H,9,11-13,15-16H2,1-2H3/b18-14+. The van der Waals surface area contributed by atoms with Crippen LogP contribution in [0.3, 0.4) is 0 Å². The van der Waals surface area contributed by atoms with Gasteiger partial charge in [-0.2, -0.15) is 0 Å². The van der Waals surface area contributed by atoms with Crippen molar-refractivity contribution < 1.29 is 14.3 Å². The highest BCUT2D eigenvalue weighted by atomic mass is 16.6. The molecule has 1 unspecified atom stereocenters. The highest BCUT2D eigenvalue weighted by molar-refractivity contribution is 5.91. The lowest BCUT2D eigenvalue weighted by Gasteiger charge is -2.43. The van der Waals surface area contributed by atoms with Crippen molar-refractivity contribution in [3.63, 3.8) is 0 Å². The molecule has 1 aliphatic carbocycles. The number of ketones is 1. The quantitative estimate of drug-likeness (QED) is 0.835. The Morgan fingerprint density at radius 2 is 2.04 bits per heavy atom. The third-order valence-electron chi connectivity index (χ3n) is 5.11. The van der Waals surface area contributed by atoms with Gasteiger partial charge in [0.1, 0.15) is 6.61 Å². The van der Waals surface area contributed by atoms with Gasteiger partial charge >= 0.3 is 6.09 Å². The minimum Gasteiger partial charge on any atom is -0.445 e. The first-order valence-electron chi connectivity index (χ1n) is 9.04. The summed E-state index contributed by atoms with van der Waals surface area (Å²) in [6.07, 6.45) is 7.74. The Morgan fingerprint density at radius 3 is 2.69 bits per heavy atom. The predicted octanol–water partition coefficient (Wildman–Crippen LogP) is 3.38. The van der Waals surface area contributed by atoms with Gasteiger partial charge in [-0.1, -0.05) is 36.4 Å². The molecule has 5 nitrogen and oxygen atoms in total. The molecule has 1 aromatic rings. The van der Waals surface area contributed by atoms with Gasteiger partial charge in [0.15, 0.2) is 5.78 Å². The van der Waals surface area contributed by atoms with Crippen LogP contribution in [0.4, 0.5) is 4.79 Å². The first kappa shape index (κ1) is 18.2. The minimum atomic E-state index is -0.288. The number of carbonyl (C=O) groups excluding carboxylic acids is 2. The van der Waals surface area contributed by atoms with Crippen LogP contribution in [-0.2, 0) is 16.1 Å². The molecule has 0 N–H and O–H groups in total. The average Bonchev–Trinajstić information content (AvgIpc) is 2.64. The normalized spacial score (nSPS) is 24.2. The number of ether oxygens (including phenoxy) is 1. The van der Waals surface area contributed by atoms with E-state index in [0.29, 0.717) is 19.5 Å². The van der Waals surface area contributed by atoms with Crippen molar-refractivity contribution in [1.29, 1.82) is 0 Å². The summed E-state index contributed by atoms with van der Waals surface area (Å²) in [5, 5.41) is 0. The number of piperidine rings is 1. The van der Waals surface area contributed by atoms with Gasteiger partial charge in [0.05, 0.1) is 0 Å². The first-order valence-corrected chi connectivity index (χ1v) is 9.04. The van der Waals surface area contributed by atoms with Crippen LogP contribution >= 0.6 is 0 Å². The number of benzene rings is 1. The maximum atomic E-state index is 12.5. The number of amides is 1. The van der Waals surface area contributed by atoms with E-state index in [1.807, 2.05) is 55.4 Å². The monoisotopic (exact) mass is 354 g/mol. The lowest BCUT2D eigenvalue weighted by molar-refractivity contribution is -0.115. The number of hydrogen-bond donors (Lipinski definition) is 0. The predicted molar refractivity (Wildman–Crippen MR) is 100 cm³/mol. The summed E-state index contributed by atoms with van der Waals surface area (Å²) in [5.41, 5.74) is 2.02. The Kier molecular flexibility index (Phi) is 5.45. The van der Waals surface area contributed by atoms with Gasteiger partial charge in [-0.3, -0.25) is 4.79 Å². The van der Waals surface area contributed by atoms with Gasteiger partial charge in [0, 0.05) is 45.2 Å². The molecule has 1 amide bonds. The first-order chi connectivity index (χ1) is 12.5. The Bertz CT molecular complexity index is 724. The zero-order valence-electron chi connectivity index (χ0n) is 15.5. The van der Waals surface area contributed by atoms with Crippen LogP contribution in [0.5, 0.6) is 0 Å². The number of likely N-dealkylation sites (tertiary alicyclic amines) is 1. The van der Waals surface area contributed by atoms with Crippen LogP contribution in [-0.4, -0.2) is 48.9 Å². The van der Waals surface area contributed by atoms with Gasteiger partial charge in [0.25, 0.3) is 0 Å². The zero-order chi connectivity index (χ0) is 18.6. The number of hydrogen-bond acceptors (Lipinski definition) is 4. The van der Waals surface area contributed by atoms with Gasteiger partial charge < -0.3 is 14.5 Å². The number of rotatable bonds is 3. The van der Waals surface area contributed by atoms with E-state index in [0.717, 1.165) is 24.0 Å². The van der Waals surface area contributed by atoms with E-state index in [4.69, 9.17) is 4.74 Å². The van der Waals surface area contributed by atoms with E-state index >= 15 is 0 Å².